The van der Waals surface area contributed by atoms with Crippen LogP contribution in [-0.2, 0) is 6.54 Å². The fraction of sp³-hybridized carbons (Fsp3) is 0.375. The minimum atomic E-state index is 0.630. The van der Waals surface area contributed by atoms with Gasteiger partial charge in [-0.3, -0.25) is 4.68 Å². The molecule has 0 fully saturated rings. The molecule has 0 amide bonds. The van der Waals surface area contributed by atoms with E-state index in [0.717, 1.165) is 40.6 Å². The van der Waals surface area contributed by atoms with Crippen molar-refractivity contribution in [2.24, 2.45) is 0 Å². The van der Waals surface area contributed by atoms with E-state index in [0.29, 0.717) is 11.7 Å². The molecule has 2 rings (SSSR count). The van der Waals surface area contributed by atoms with Crippen molar-refractivity contribution in [3.8, 4) is 0 Å². The lowest BCUT2D eigenvalue weighted by molar-refractivity contribution is 0.659. The molecule has 0 radical (unpaired) electrons. The fourth-order valence-corrected chi connectivity index (χ4v) is 2.62. The van der Waals surface area contributed by atoms with Crippen molar-refractivity contribution in [2.45, 2.75) is 33.7 Å². The Labute approximate surface area is 141 Å². The lowest BCUT2D eigenvalue weighted by Crippen LogP contribution is -2.29. The molecule has 2 N–H and O–H groups in total. The van der Waals surface area contributed by atoms with E-state index in [1.165, 1.54) is 0 Å². The molecule has 0 aliphatic heterocycles. The van der Waals surface area contributed by atoms with Crippen molar-refractivity contribution in [3.05, 3.63) is 46.2 Å². The normalized spacial score (nSPS) is 10.5. The SMILES string of the molecule is CCCNC(=S)Nc1c(C)nn(Cc2ccccc2Cl)c1C. The summed E-state index contributed by atoms with van der Waals surface area (Å²) in [5, 5.41) is 12.4. The predicted molar refractivity (Wildman–Crippen MR) is 96.8 cm³/mol. The van der Waals surface area contributed by atoms with Crippen molar-refractivity contribution in [1.82, 2.24) is 15.1 Å². The number of halogens is 1. The summed E-state index contributed by atoms with van der Waals surface area (Å²) in [6.07, 6.45) is 1.03. The first-order valence-corrected chi connectivity index (χ1v) is 8.13. The summed E-state index contributed by atoms with van der Waals surface area (Å²) in [6.45, 7) is 7.61. The molecular formula is C16H21ClN4S. The molecule has 0 unspecified atom stereocenters. The second-order valence-corrected chi connectivity index (χ2v) is 5.99. The van der Waals surface area contributed by atoms with E-state index in [1.807, 2.05) is 42.8 Å². The number of aryl methyl sites for hydroxylation is 1. The molecular weight excluding hydrogens is 316 g/mol. The van der Waals surface area contributed by atoms with Crippen LogP contribution in [0.3, 0.4) is 0 Å². The van der Waals surface area contributed by atoms with Crippen LogP contribution in [0.2, 0.25) is 5.02 Å². The van der Waals surface area contributed by atoms with Crippen LogP contribution in [0.25, 0.3) is 0 Å². The first kappa shape index (κ1) is 16.8. The van der Waals surface area contributed by atoms with Crippen molar-refractivity contribution >= 4 is 34.6 Å². The van der Waals surface area contributed by atoms with Crippen LogP contribution in [0.1, 0.15) is 30.3 Å². The van der Waals surface area contributed by atoms with Crippen LogP contribution in [0.4, 0.5) is 5.69 Å². The Morgan fingerprint density at radius 1 is 1.32 bits per heavy atom. The van der Waals surface area contributed by atoms with E-state index >= 15 is 0 Å². The first-order chi connectivity index (χ1) is 10.5. The molecule has 118 valence electrons. The van der Waals surface area contributed by atoms with Gasteiger partial charge >= 0.3 is 0 Å². The quantitative estimate of drug-likeness (QED) is 0.813. The highest BCUT2D eigenvalue weighted by atomic mass is 35.5. The van der Waals surface area contributed by atoms with Crippen molar-refractivity contribution in [2.75, 3.05) is 11.9 Å². The number of hydrogen-bond donors (Lipinski definition) is 2. The minimum absolute atomic E-state index is 0.630. The lowest BCUT2D eigenvalue weighted by Gasteiger charge is -2.10. The molecule has 0 aliphatic carbocycles. The number of anilines is 1. The van der Waals surface area contributed by atoms with Crippen LogP contribution >= 0.6 is 23.8 Å². The highest BCUT2D eigenvalue weighted by molar-refractivity contribution is 7.80. The van der Waals surface area contributed by atoms with Gasteiger partial charge in [-0.25, -0.2) is 0 Å². The number of thiocarbonyl (C=S) groups is 1. The molecule has 2 aromatic rings. The number of rotatable bonds is 5. The van der Waals surface area contributed by atoms with Crippen LogP contribution in [0.5, 0.6) is 0 Å². The molecule has 6 heteroatoms. The van der Waals surface area contributed by atoms with E-state index in [2.05, 4.69) is 22.7 Å². The Balaban J connectivity index is 2.17. The van der Waals surface area contributed by atoms with Gasteiger partial charge in [-0.15, -0.1) is 0 Å². The van der Waals surface area contributed by atoms with Crippen LogP contribution in [-0.4, -0.2) is 21.4 Å². The summed E-state index contributed by atoms with van der Waals surface area (Å²) >= 11 is 11.5. The molecule has 4 nitrogen and oxygen atoms in total. The molecule has 0 atom stereocenters. The third kappa shape index (κ3) is 3.99. The van der Waals surface area contributed by atoms with Crippen LogP contribution < -0.4 is 10.6 Å². The van der Waals surface area contributed by atoms with E-state index < -0.39 is 0 Å². The summed E-state index contributed by atoms with van der Waals surface area (Å²) in [5.74, 6) is 0. The van der Waals surface area contributed by atoms with E-state index in [4.69, 9.17) is 23.8 Å². The van der Waals surface area contributed by atoms with E-state index in [1.54, 1.807) is 0 Å². The topological polar surface area (TPSA) is 41.9 Å². The Morgan fingerprint density at radius 2 is 2.05 bits per heavy atom. The van der Waals surface area contributed by atoms with Gasteiger partial charge in [0.25, 0.3) is 0 Å². The zero-order valence-corrected chi connectivity index (χ0v) is 14.7. The van der Waals surface area contributed by atoms with Gasteiger partial charge in [0.2, 0.25) is 0 Å². The zero-order chi connectivity index (χ0) is 16.1. The Morgan fingerprint density at radius 3 is 2.73 bits per heavy atom. The Hall–Kier alpha value is -1.59. The van der Waals surface area contributed by atoms with Gasteiger partial charge in [-0.2, -0.15) is 5.10 Å². The average molecular weight is 337 g/mol. The molecule has 22 heavy (non-hydrogen) atoms. The number of aromatic nitrogens is 2. The van der Waals surface area contributed by atoms with E-state index in [-0.39, 0.29) is 0 Å². The summed E-state index contributed by atoms with van der Waals surface area (Å²) < 4.78 is 1.95. The smallest absolute Gasteiger partial charge is 0.170 e. The molecule has 0 spiro atoms. The van der Waals surface area contributed by atoms with Crippen LogP contribution in [0.15, 0.2) is 24.3 Å². The lowest BCUT2D eigenvalue weighted by atomic mass is 10.2. The van der Waals surface area contributed by atoms with Gasteiger partial charge in [0, 0.05) is 11.6 Å². The summed E-state index contributed by atoms with van der Waals surface area (Å²) in [4.78, 5) is 0. The molecule has 0 bridgehead atoms. The third-order valence-corrected chi connectivity index (χ3v) is 4.05. The van der Waals surface area contributed by atoms with Gasteiger partial charge in [-0.05, 0) is 44.1 Å². The maximum absolute atomic E-state index is 6.23. The second-order valence-electron chi connectivity index (χ2n) is 5.18. The number of hydrogen-bond acceptors (Lipinski definition) is 2. The number of benzene rings is 1. The highest BCUT2D eigenvalue weighted by Gasteiger charge is 2.13. The minimum Gasteiger partial charge on any atom is -0.362 e. The van der Waals surface area contributed by atoms with Gasteiger partial charge in [0.1, 0.15) is 0 Å². The molecule has 0 saturated carbocycles. The van der Waals surface area contributed by atoms with Gasteiger partial charge in [0.15, 0.2) is 5.11 Å². The van der Waals surface area contributed by atoms with Gasteiger partial charge in [0.05, 0.1) is 23.6 Å². The highest BCUT2D eigenvalue weighted by Crippen LogP contribution is 2.22. The molecule has 1 heterocycles. The number of nitrogens with one attached hydrogen (secondary N) is 2. The monoisotopic (exact) mass is 336 g/mol. The summed E-state index contributed by atoms with van der Waals surface area (Å²) in [6, 6.07) is 7.82. The standard InChI is InChI=1S/C16H21ClN4S/c1-4-9-18-16(22)19-15-11(2)20-21(12(15)3)10-13-7-5-6-8-14(13)17/h5-8H,4,9-10H2,1-3H3,(H2,18,19,22). The van der Waals surface area contributed by atoms with E-state index in [9.17, 15) is 0 Å². The van der Waals surface area contributed by atoms with Crippen molar-refractivity contribution < 1.29 is 0 Å². The van der Waals surface area contributed by atoms with Gasteiger partial charge < -0.3 is 10.6 Å². The Kier molecular flexibility index (Phi) is 5.80. The number of nitrogens with zero attached hydrogens (tertiary/aromatic N) is 2. The Bertz CT molecular complexity index is 666. The predicted octanol–water partition coefficient (Wildman–Crippen LogP) is 3.90. The third-order valence-electron chi connectivity index (χ3n) is 3.43. The second kappa shape index (κ2) is 7.61. The molecule has 1 aromatic heterocycles. The molecule has 0 saturated heterocycles. The summed E-state index contributed by atoms with van der Waals surface area (Å²) in [5.41, 5.74) is 3.97. The average Bonchev–Trinajstić information content (AvgIpc) is 2.75. The summed E-state index contributed by atoms with van der Waals surface area (Å²) in [7, 11) is 0. The van der Waals surface area contributed by atoms with Crippen molar-refractivity contribution in [3.63, 3.8) is 0 Å². The van der Waals surface area contributed by atoms with Crippen molar-refractivity contribution in [1.29, 1.82) is 0 Å². The maximum atomic E-state index is 6.23. The molecule has 1 aromatic carbocycles. The first-order valence-electron chi connectivity index (χ1n) is 7.35. The van der Waals surface area contributed by atoms with Crippen LogP contribution in [0, 0.1) is 13.8 Å². The van der Waals surface area contributed by atoms with Gasteiger partial charge in [-0.1, -0.05) is 36.7 Å². The maximum Gasteiger partial charge on any atom is 0.170 e. The largest absolute Gasteiger partial charge is 0.362 e. The fourth-order valence-electron chi connectivity index (χ4n) is 2.22. The zero-order valence-electron chi connectivity index (χ0n) is 13.1. The molecule has 0 aliphatic rings.